The molecule has 0 atom stereocenters. The number of aliphatic hydroxyl groups excluding tert-OH is 1. The predicted octanol–water partition coefficient (Wildman–Crippen LogP) is 2.94. The zero-order valence-corrected chi connectivity index (χ0v) is 10.3. The van der Waals surface area contributed by atoms with Gasteiger partial charge in [-0.2, -0.15) is 0 Å². The maximum Gasteiger partial charge on any atom is 0.179 e. The molecule has 2 N–H and O–H groups in total. The zero-order valence-electron chi connectivity index (χ0n) is 8.82. The van der Waals surface area contributed by atoms with Crippen LogP contribution in [0.1, 0.15) is 17.5 Å². The van der Waals surface area contributed by atoms with E-state index < -0.39 is 6.29 Å². The molecule has 0 aliphatic carbocycles. The van der Waals surface area contributed by atoms with Crippen LogP contribution in [0.3, 0.4) is 0 Å². The Kier molecular flexibility index (Phi) is 3.40. The minimum absolute atomic E-state index is 0.142. The van der Waals surface area contributed by atoms with Crippen LogP contribution in [0.4, 0.5) is 0 Å². The highest BCUT2D eigenvalue weighted by Gasteiger charge is 2.19. The summed E-state index contributed by atoms with van der Waals surface area (Å²) in [7, 11) is 0. The van der Waals surface area contributed by atoms with E-state index >= 15 is 0 Å². The zero-order chi connectivity index (χ0) is 12.6. The molecule has 0 amide bonds. The van der Waals surface area contributed by atoms with Crippen LogP contribution >= 0.6 is 23.2 Å². The lowest BCUT2D eigenvalue weighted by Crippen LogP contribution is -1.97. The van der Waals surface area contributed by atoms with Crippen molar-refractivity contribution in [1.82, 2.24) is 5.16 Å². The molecule has 0 aliphatic heterocycles. The van der Waals surface area contributed by atoms with Gasteiger partial charge in [-0.05, 0) is 13.0 Å². The summed E-state index contributed by atoms with van der Waals surface area (Å²) in [6.07, 6.45) is -1.66. The third-order valence-corrected chi connectivity index (χ3v) is 3.00. The summed E-state index contributed by atoms with van der Waals surface area (Å²) >= 11 is 12.1. The number of hydrogen-bond donors (Lipinski definition) is 2. The van der Waals surface area contributed by atoms with Crippen molar-refractivity contribution in [2.24, 2.45) is 0 Å². The molecule has 0 bridgehead atoms. The van der Waals surface area contributed by atoms with E-state index in [0.29, 0.717) is 22.0 Å². The van der Waals surface area contributed by atoms with E-state index in [2.05, 4.69) is 5.16 Å². The van der Waals surface area contributed by atoms with Crippen molar-refractivity contribution >= 4 is 23.2 Å². The van der Waals surface area contributed by atoms with Gasteiger partial charge in [-0.15, -0.1) is 0 Å². The molecule has 1 aromatic heterocycles. The molecule has 0 spiro atoms. The normalized spacial score (nSPS) is 11.2. The quantitative estimate of drug-likeness (QED) is 0.826. The van der Waals surface area contributed by atoms with Crippen LogP contribution in [0.25, 0.3) is 11.3 Å². The van der Waals surface area contributed by atoms with E-state index in [-0.39, 0.29) is 10.6 Å². The van der Waals surface area contributed by atoms with Gasteiger partial charge in [-0.25, -0.2) is 0 Å². The van der Waals surface area contributed by atoms with Crippen molar-refractivity contribution < 1.29 is 14.7 Å². The molecular formula is C11H9Cl2NO3. The highest BCUT2D eigenvalue weighted by Crippen LogP contribution is 2.38. The van der Waals surface area contributed by atoms with Gasteiger partial charge in [0.2, 0.25) is 0 Å². The minimum atomic E-state index is -1.66. The van der Waals surface area contributed by atoms with Crippen molar-refractivity contribution in [3.8, 4) is 11.3 Å². The second-order valence-corrected chi connectivity index (χ2v) is 4.32. The topological polar surface area (TPSA) is 66.5 Å². The largest absolute Gasteiger partial charge is 0.364 e. The highest BCUT2D eigenvalue weighted by atomic mass is 35.5. The van der Waals surface area contributed by atoms with Crippen molar-refractivity contribution in [2.45, 2.75) is 13.2 Å². The predicted molar refractivity (Wildman–Crippen MR) is 63.9 cm³/mol. The number of aryl methyl sites for hydroxylation is 1. The van der Waals surface area contributed by atoms with Gasteiger partial charge < -0.3 is 14.7 Å². The molecule has 90 valence electrons. The molecule has 4 nitrogen and oxygen atoms in total. The Bertz CT molecular complexity index is 552. The number of benzene rings is 1. The smallest absolute Gasteiger partial charge is 0.179 e. The first-order valence-electron chi connectivity index (χ1n) is 4.78. The molecule has 6 heteroatoms. The monoisotopic (exact) mass is 273 g/mol. The number of halogens is 2. The van der Waals surface area contributed by atoms with Crippen LogP contribution in [0.2, 0.25) is 10.0 Å². The van der Waals surface area contributed by atoms with E-state index in [9.17, 15) is 0 Å². The van der Waals surface area contributed by atoms with Gasteiger partial charge in [0.05, 0.1) is 21.3 Å². The van der Waals surface area contributed by atoms with E-state index in [1.165, 1.54) is 12.1 Å². The van der Waals surface area contributed by atoms with E-state index in [1.54, 1.807) is 13.0 Å². The first kappa shape index (κ1) is 12.4. The van der Waals surface area contributed by atoms with Crippen LogP contribution in [-0.4, -0.2) is 15.4 Å². The van der Waals surface area contributed by atoms with Gasteiger partial charge in [0.15, 0.2) is 12.1 Å². The fourth-order valence-corrected chi connectivity index (χ4v) is 2.13. The molecule has 0 saturated heterocycles. The second kappa shape index (κ2) is 4.66. The van der Waals surface area contributed by atoms with Crippen molar-refractivity contribution in [2.75, 3.05) is 0 Å². The lowest BCUT2D eigenvalue weighted by molar-refractivity contribution is -0.0423. The Morgan fingerprint density at radius 3 is 2.53 bits per heavy atom. The molecule has 0 fully saturated rings. The lowest BCUT2D eigenvalue weighted by atomic mass is 10.1. The standard InChI is InChI=1S/C11H9Cl2NO3/c1-5-4-8(17-14-5)9-7(12)3-2-6(10(9)13)11(15)16/h2-4,11,15-16H,1H3. The Morgan fingerprint density at radius 2 is 2.00 bits per heavy atom. The van der Waals surface area contributed by atoms with Gasteiger partial charge in [-0.1, -0.05) is 34.4 Å². The summed E-state index contributed by atoms with van der Waals surface area (Å²) in [5.74, 6) is 0.389. The Balaban J connectivity index is 2.64. The number of aliphatic hydroxyl groups is 2. The van der Waals surface area contributed by atoms with Gasteiger partial charge >= 0.3 is 0 Å². The summed E-state index contributed by atoms with van der Waals surface area (Å²) in [5, 5.41) is 22.5. The summed E-state index contributed by atoms with van der Waals surface area (Å²) in [4.78, 5) is 0. The first-order valence-corrected chi connectivity index (χ1v) is 5.54. The summed E-state index contributed by atoms with van der Waals surface area (Å²) in [6.45, 7) is 1.76. The Hall–Kier alpha value is -1.07. The maximum absolute atomic E-state index is 9.15. The number of rotatable bonds is 2. The van der Waals surface area contributed by atoms with Crippen LogP contribution in [0.5, 0.6) is 0 Å². The average molecular weight is 274 g/mol. The third kappa shape index (κ3) is 2.30. The molecule has 17 heavy (non-hydrogen) atoms. The molecule has 2 aromatic rings. The molecule has 1 aromatic carbocycles. The van der Waals surface area contributed by atoms with Crippen LogP contribution < -0.4 is 0 Å². The van der Waals surface area contributed by atoms with Crippen molar-refractivity contribution in [3.05, 3.63) is 39.5 Å². The second-order valence-electron chi connectivity index (χ2n) is 3.53. The van der Waals surface area contributed by atoms with Gasteiger partial charge in [0, 0.05) is 11.6 Å². The van der Waals surface area contributed by atoms with Crippen LogP contribution in [0, 0.1) is 6.92 Å². The molecular weight excluding hydrogens is 265 g/mol. The molecule has 0 saturated carbocycles. The van der Waals surface area contributed by atoms with Crippen LogP contribution in [-0.2, 0) is 0 Å². The minimum Gasteiger partial charge on any atom is -0.364 e. The SMILES string of the molecule is Cc1cc(-c2c(Cl)ccc(C(O)O)c2Cl)on1. The van der Waals surface area contributed by atoms with Gasteiger partial charge in [0.25, 0.3) is 0 Å². The summed E-state index contributed by atoms with van der Waals surface area (Å²) in [5.41, 5.74) is 1.25. The fourth-order valence-electron chi connectivity index (χ4n) is 1.48. The third-order valence-electron chi connectivity index (χ3n) is 2.27. The Labute approximate surface area is 107 Å². The fraction of sp³-hybridized carbons (Fsp3) is 0.182. The molecule has 0 unspecified atom stereocenters. The van der Waals surface area contributed by atoms with E-state index in [4.69, 9.17) is 37.9 Å². The summed E-state index contributed by atoms with van der Waals surface area (Å²) < 4.78 is 5.06. The lowest BCUT2D eigenvalue weighted by Gasteiger charge is -2.10. The number of aromatic nitrogens is 1. The van der Waals surface area contributed by atoms with E-state index in [0.717, 1.165) is 0 Å². The summed E-state index contributed by atoms with van der Waals surface area (Å²) in [6, 6.07) is 4.64. The number of nitrogens with zero attached hydrogens (tertiary/aromatic N) is 1. The molecule has 2 rings (SSSR count). The van der Waals surface area contributed by atoms with Crippen LogP contribution in [0.15, 0.2) is 22.7 Å². The van der Waals surface area contributed by atoms with Crippen molar-refractivity contribution in [3.63, 3.8) is 0 Å². The Morgan fingerprint density at radius 1 is 1.29 bits per heavy atom. The maximum atomic E-state index is 9.15. The molecule has 0 aliphatic rings. The van der Waals surface area contributed by atoms with Gasteiger partial charge in [0.1, 0.15) is 0 Å². The molecule has 0 radical (unpaired) electrons. The molecule has 1 heterocycles. The van der Waals surface area contributed by atoms with Gasteiger partial charge in [-0.3, -0.25) is 0 Å². The first-order chi connectivity index (χ1) is 8.00. The van der Waals surface area contributed by atoms with E-state index in [1.807, 2.05) is 0 Å². The van der Waals surface area contributed by atoms with Crippen molar-refractivity contribution in [1.29, 1.82) is 0 Å². The average Bonchev–Trinajstić information content (AvgIpc) is 2.64. The number of hydrogen-bond acceptors (Lipinski definition) is 4. The highest BCUT2D eigenvalue weighted by molar-refractivity contribution is 6.39.